The van der Waals surface area contributed by atoms with Gasteiger partial charge in [-0.3, -0.25) is 10.1 Å². The van der Waals surface area contributed by atoms with Crippen LogP contribution in [0.1, 0.15) is 16.3 Å². The van der Waals surface area contributed by atoms with Gasteiger partial charge in [-0.2, -0.15) is 10.1 Å². The highest BCUT2D eigenvalue weighted by molar-refractivity contribution is 6.01. The highest BCUT2D eigenvalue weighted by Gasteiger charge is 2.13. The van der Waals surface area contributed by atoms with E-state index in [0.29, 0.717) is 11.7 Å². The molecule has 2 heterocycles. The maximum absolute atomic E-state index is 11.7. The van der Waals surface area contributed by atoms with E-state index in [1.807, 2.05) is 0 Å². The Hall–Kier alpha value is -2.15. The molecule has 0 atom stereocenters. The van der Waals surface area contributed by atoms with E-state index in [1.54, 1.807) is 19.2 Å². The highest BCUT2D eigenvalue weighted by atomic mass is 16.4. The Morgan fingerprint density at radius 1 is 1.62 bits per heavy atom. The first-order valence-electron chi connectivity index (χ1n) is 4.65. The standard InChI is InChI=1S/C9H11N5O2/c1-14-9(11-5-12-14)13-8(15)7-3-2-6(4-10)16-7/h2-3,5H,4,10H2,1H3,(H,11,12,13,15). The van der Waals surface area contributed by atoms with Crippen molar-refractivity contribution >= 4 is 11.9 Å². The maximum Gasteiger partial charge on any atom is 0.293 e. The van der Waals surface area contributed by atoms with Crippen LogP contribution in [0.15, 0.2) is 22.9 Å². The summed E-state index contributed by atoms with van der Waals surface area (Å²) >= 11 is 0. The van der Waals surface area contributed by atoms with E-state index in [2.05, 4.69) is 15.4 Å². The molecule has 2 aromatic heterocycles. The number of nitrogens with zero attached hydrogens (tertiary/aromatic N) is 3. The number of furan rings is 1. The molecule has 0 radical (unpaired) electrons. The Morgan fingerprint density at radius 2 is 2.44 bits per heavy atom. The average Bonchev–Trinajstić information content (AvgIpc) is 2.88. The third-order valence-electron chi connectivity index (χ3n) is 2.02. The zero-order chi connectivity index (χ0) is 11.5. The number of amides is 1. The van der Waals surface area contributed by atoms with Gasteiger partial charge in [-0.1, -0.05) is 0 Å². The van der Waals surface area contributed by atoms with Crippen LogP contribution in [-0.2, 0) is 13.6 Å². The highest BCUT2D eigenvalue weighted by Crippen LogP contribution is 2.09. The summed E-state index contributed by atoms with van der Waals surface area (Å²) in [6.45, 7) is 0.261. The van der Waals surface area contributed by atoms with Crippen LogP contribution in [0.5, 0.6) is 0 Å². The molecule has 0 saturated carbocycles. The van der Waals surface area contributed by atoms with E-state index >= 15 is 0 Å². The minimum absolute atomic E-state index is 0.198. The molecule has 0 fully saturated rings. The van der Waals surface area contributed by atoms with Gasteiger partial charge < -0.3 is 10.2 Å². The van der Waals surface area contributed by atoms with Crippen molar-refractivity contribution in [3.63, 3.8) is 0 Å². The number of hydrogen-bond acceptors (Lipinski definition) is 5. The number of anilines is 1. The Balaban J connectivity index is 2.11. The number of nitrogens with two attached hydrogens (primary N) is 1. The first-order valence-corrected chi connectivity index (χ1v) is 4.65. The third kappa shape index (κ3) is 1.94. The first-order chi connectivity index (χ1) is 7.70. The van der Waals surface area contributed by atoms with Gasteiger partial charge in [0.05, 0.1) is 6.54 Å². The summed E-state index contributed by atoms with van der Waals surface area (Å²) in [6, 6.07) is 3.22. The fraction of sp³-hybridized carbons (Fsp3) is 0.222. The largest absolute Gasteiger partial charge is 0.455 e. The molecule has 2 aromatic rings. The van der Waals surface area contributed by atoms with Crippen LogP contribution in [0.4, 0.5) is 5.95 Å². The van der Waals surface area contributed by atoms with Gasteiger partial charge in [0.15, 0.2) is 5.76 Å². The van der Waals surface area contributed by atoms with Gasteiger partial charge in [0.1, 0.15) is 12.1 Å². The van der Waals surface area contributed by atoms with Gasteiger partial charge >= 0.3 is 0 Å². The summed E-state index contributed by atoms with van der Waals surface area (Å²) < 4.78 is 6.64. The molecule has 0 aliphatic carbocycles. The Morgan fingerprint density at radius 3 is 3.00 bits per heavy atom. The van der Waals surface area contributed by atoms with Crippen LogP contribution < -0.4 is 11.1 Å². The van der Waals surface area contributed by atoms with Gasteiger partial charge in [0.25, 0.3) is 5.91 Å². The number of carbonyl (C=O) groups is 1. The number of aromatic nitrogens is 3. The van der Waals surface area contributed by atoms with Crippen molar-refractivity contribution in [1.82, 2.24) is 14.8 Å². The molecule has 0 bridgehead atoms. The van der Waals surface area contributed by atoms with Crippen molar-refractivity contribution in [1.29, 1.82) is 0 Å². The molecule has 0 unspecified atom stereocenters. The summed E-state index contributed by atoms with van der Waals surface area (Å²) in [5, 5.41) is 6.38. The molecule has 7 nitrogen and oxygen atoms in total. The molecular weight excluding hydrogens is 210 g/mol. The molecule has 2 rings (SSSR count). The fourth-order valence-corrected chi connectivity index (χ4v) is 1.18. The topological polar surface area (TPSA) is 99.0 Å². The Labute approximate surface area is 91.3 Å². The maximum atomic E-state index is 11.7. The molecule has 0 saturated heterocycles. The lowest BCUT2D eigenvalue weighted by molar-refractivity contribution is 0.0993. The van der Waals surface area contributed by atoms with E-state index in [0.717, 1.165) is 0 Å². The average molecular weight is 221 g/mol. The zero-order valence-corrected chi connectivity index (χ0v) is 8.67. The second-order valence-corrected chi connectivity index (χ2v) is 3.13. The smallest absolute Gasteiger partial charge is 0.293 e. The predicted octanol–water partition coefficient (Wildman–Crippen LogP) is 0.119. The second kappa shape index (κ2) is 4.15. The summed E-state index contributed by atoms with van der Waals surface area (Å²) in [6.07, 6.45) is 1.35. The molecule has 0 aliphatic rings. The van der Waals surface area contributed by atoms with Crippen molar-refractivity contribution in [2.45, 2.75) is 6.54 Å². The molecule has 7 heteroatoms. The van der Waals surface area contributed by atoms with Crippen LogP contribution in [0.25, 0.3) is 0 Å². The number of aryl methyl sites for hydroxylation is 1. The van der Waals surface area contributed by atoms with Gasteiger partial charge in [-0.05, 0) is 12.1 Å². The molecular formula is C9H11N5O2. The van der Waals surface area contributed by atoms with Gasteiger partial charge in [-0.15, -0.1) is 0 Å². The minimum Gasteiger partial charge on any atom is -0.455 e. The molecule has 0 aromatic carbocycles. The second-order valence-electron chi connectivity index (χ2n) is 3.13. The van der Waals surface area contributed by atoms with Crippen molar-refractivity contribution in [3.05, 3.63) is 30.0 Å². The number of carbonyl (C=O) groups excluding carboxylic acids is 1. The van der Waals surface area contributed by atoms with E-state index in [1.165, 1.54) is 11.0 Å². The van der Waals surface area contributed by atoms with Gasteiger partial charge in [-0.25, -0.2) is 4.68 Å². The van der Waals surface area contributed by atoms with E-state index in [-0.39, 0.29) is 18.2 Å². The molecule has 0 aliphatic heterocycles. The molecule has 3 N–H and O–H groups in total. The molecule has 84 valence electrons. The van der Waals surface area contributed by atoms with Gasteiger partial charge in [0.2, 0.25) is 5.95 Å². The Kier molecular flexibility index (Phi) is 2.69. The molecule has 1 amide bonds. The third-order valence-corrected chi connectivity index (χ3v) is 2.02. The Bertz CT molecular complexity index is 501. The monoisotopic (exact) mass is 221 g/mol. The van der Waals surface area contributed by atoms with E-state index in [9.17, 15) is 4.79 Å². The lowest BCUT2D eigenvalue weighted by Crippen LogP contribution is -2.14. The number of hydrogen-bond donors (Lipinski definition) is 2. The molecule has 0 spiro atoms. The summed E-state index contributed by atoms with van der Waals surface area (Å²) in [5.41, 5.74) is 5.37. The van der Waals surface area contributed by atoms with Crippen molar-refractivity contribution in [2.75, 3.05) is 5.32 Å². The number of nitrogens with one attached hydrogen (secondary N) is 1. The minimum atomic E-state index is -0.379. The van der Waals surface area contributed by atoms with Gasteiger partial charge in [0, 0.05) is 7.05 Å². The first kappa shape index (κ1) is 10.4. The SMILES string of the molecule is Cn1ncnc1NC(=O)c1ccc(CN)o1. The van der Waals surface area contributed by atoms with Crippen LogP contribution >= 0.6 is 0 Å². The van der Waals surface area contributed by atoms with E-state index in [4.69, 9.17) is 10.2 Å². The normalized spacial score (nSPS) is 10.4. The van der Waals surface area contributed by atoms with Crippen LogP contribution in [0.2, 0.25) is 0 Å². The quantitative estimate of drug-likeness (QED) is 0.766. The van der Waals surface area contributed by atoms with Crippen LogP contribution in [0.3, 0.4) is 0 Å². The summed E-state index contributed by atoms with van der Waals surface area (Å²) in [5.74, 6) is 0.734. The fourth-order valence-electron chi connectivity index (χ4n) is 1.18. The lowest BCUT2D eigenvalue weighted by Gasteiger charge is -2.00. The van der Waals surface area contributed by atoms with Crippen molar-refractivity contribution < 1.29 is 9.21 Å². The lowest BCUT2D eigenvalue weighted by atomic mass is 10.4. The van der Waals surface area contributed by atoms with Crippen LogP contribution in [0, 0.1) is 0 Å². The summed E-state index contributed by atoms with van der Waals surface area (Å²) in [4.78, 5) is 15.5. The van der Waals surface area contributed by atoms with E-state index < -0.39 is 0 Å². The predicted molar refractivity (Wildman–Crippen MR) is 55.6 cm³/mol. The number of rotatable bonds is 3. The molecule has 16 heavy (non-hydrogen) atoms. The summed E-state index contributed by atoms with van der Waals surface area (Å²) in [7, 11) is 1.68. The van der Waals surface area contributed by atoms with Crippen molar-refractivity contribution in [3.8, 4) is 0 Å². The van der Waals surface area contributed by atoms with Crippen molar-refractivity contribution in [2.24, 2.45) is 12.8 Å². The zero-order valence-electron chi connectivity index (χ0n) is 8.67. The van der Waals surface area contributed by atoms with Crippen LogP contribution in [-0.4, -0.2) is 20.7 Å².